The van der Waals surface area contributed by atoms with Crippen molar-refractivity contribution in [1.82, 2.24) is 9.29 Å². The van der Waals surface area contributed by atoms with Gasteiger partial charge in [-0.15, -0.1) is 11.3 Å². The van der Waals surface area contributed by atoms with Crippen molar-refractivity contribution < 1.29 is 8.42 Å². The van der Waals surface area contributed by atoms with E-state index in [0.717, 1.165) is 16.3 Å². The predicted octanol–water partition coefficient (Wildman–Crippen LogP) is 2.48. The van der Waals surface area contributed by atoms with Crippen LogP contribution in [0.3, 0.4) is 0 Å². The van der Waals surface area contributed by atoms with Crippen LogP contribution < -0.4 is 5.73 Å². The van der Waals surface area contributed by atoms with Crippen LogP contribution in [0.1, 0.15) is 19.0 Å². The standard InChI is InChI=1S/C16H21N3O2S2/c1-11-9-19(7-6-15(11)17)23(20,21)14-5-3-4-13(8-14)16-18-12(2)10-22-16/h3-5,8,10-11,15H,6-7,9,17H2,1-2H3. The summed E-state index contributed by atoms with van der Waals surface area (Å²) >= 11 is 1.52. The van der Waals surface area contributed by atoms with Crippen molar-refractivity contribution in [1.29, 1.82) is 0 Å². The Labute approximate surface area is 141 Å². The molecule has 0 bridgehead atoms. The highest BCUT2D eigenvalue weighted by Gasteiger charge is 2.32. The molecular weight excluding hydrogens is 330 g/mol. The van der Waals surface area contributed by atoms with Gasteiger partial charge in [0.25, 0.3) is 0 Å². The fourth-order valence-corrected chi connectivity index (χ4v) is 5.17. The third-order valence-electron chi connectivity index (χ3n) is 4.27. The average Bonchev–Trinajstić information content (AvgIpc) is 2.96. The largest absolute Gasteiger partial charge is 0.327 e. The number of thiazole rings is 1. The molecule has 5 nitrogen and oxygen atoms in total. The zero-order valence-electron chi connectivity index (χ0n) is 13.3. The minimum Gasteiger partial charge on any atom is -0.327 e. The Morgan fingerprint density at radius 1 is 1.39 bits per heavy atom. The number of sulfonamides is 1. The van der Waals surface area contributed by atoms with Crippen LogP contribution >= 0.6 is 11.3 Å². The van der Waals surface area contributed by atoms with Crippen molar-refractivity contribution in [3.8, 4) is 10.6 Å². The third-order valence-corrected chi connectivity index (χ3v) is 7.14. The van der Waals surface area contributed by atoms with Crippen LogP contribution in [0.25, 0.3) is 10.6 Å². The summed E-state index contributed by atoms with van der Waals surface area (Å²) in [5.41, 5.74) is 7.78. The molecule has 0 amide bonds. The Bertz CT molecular complexity index is 801. The van der Waals surface area contributed by atoms with E-state index in [1.165, 1.54) is 11.3 Å². The molecule has 7 heteroatoms. The zero-order valence-corrected chi connectivity index (χ0v) is 14.9. The molecular formula is C16H21N3O2S2. The summed E-state index contributed by atoms with van der Waals surface area (Å²) in [5.74, 6) is 0.170. The Morgan fingerprint density at radius 3 is 2.83 bits per heavy atom. The van der Waals surface area contributed by atoms with Gasteiger partial charge in [0.1, 0.15) is 5.01 Å². The van der Waals surface area contributed by atoms with Crippen LogP contribution in [0.2, 0.25) is 0 Å². The second-order valence-electron chi connectivity index (χ2n) is 6.11. The fraction of sp³-hybridized carbons (Fsp3) is 0.438. The Kier molecular flexibility index (Phi) is 4.55. The fourth-order valence-electron chi connectivity index (χ4n) is 2.77. The van der Waals surface area contributed by atoms with Crippen molar-refractivity contribution in [2.24, 2.45) is 11.7 Å². The SMILES string of the molecule is Cc1csc(-c2cccc(S(=O)(=O)N3CCC(N)C(C)C3)c2)n1. The number of rotatable bonds is 3. The molecule has 2 unspecified atom stereocenters. The van der Waals surface area contributed by atoms with Crippen molar-refractivity contribution in [3.05, 3.63) is 35.3 Å². The molecule has 124 valence electrons. The molecule has 1 fully saturated rings. The first kappa shape index (κ1) is 16.6. The van der Waals surface area contributed by atoms with Gasteiger partial charge in [0.15, 0.2) is 0 Å². The monoisotopic (exact) mass is 351 g/mol. The second kappa shape index (κ2) is 6.32. The van der Waals surface area contributed by atoms with Gasteiger partial charge < -0.3 is 5.73 Å². The minimum absolute atomic E-state index is 0.0751. The zero-order chi connectivity index (χ0) is 16.6. The van der Waals surface area contributed by atoms with Crippen LogP contribution in [0.5, 0.6) is 0 Å². The van der Waals surface area contributed by atoms with Gasteiger partial charge in [-0.2, -0.15) is 4.31 Å². The Morgan fingerprint density at radius 2 is 2.17 bits per heavy atom. The van der Waals surface area contributed by atoms with Crippen molar-refractivity contribution in [3.63, 3.8) is 0 Å². The van der Waals surface area contributed by atoms with E-state index in [-0.39, 0.29) is 12.0 Å². The first-order chi connectivity index (χ1) is 10.9. The number of nitrogens with two attached hydrogens (primary N) is 1. The number of aryl methyl sites for hydroxylation is 1. The highest BCUT2D eigenvalue weighted by Crippen LogP contribution is 2.28. The molecule has 23 heavy (non-hydrogen) atoms. The maximum absolute atomic E-state index is 12.9. The second-order valence-corrected chi connectivity index (χ2v) is 8.91. The lowest BCUT2D eigenvalue weighted by atomic mass is 9.96. The highest BCUT2D eigenvalue weighted by molar-refractivity contribution is 7.89. The first-order valence-electron chi connectivity index (χ1n) is 7.66. The van der Waals surface area contributed by atoms with Crippen molar-refractivity contribution >= 4 is 21.4 Å². The maximum Gasteiger partial charge on any atom is 0.243 e. The molecule has 1 aromatic heterocycles. The molecule has 2 atom stereocenters. The molecule has 0 saturated carbocycles. The molecule has 3 rings (SSSR count). The summed E-state index contributed by atoms with van der Waals surface area (Å²) in [7, 11) is -3.49. The number of hydrogen-bond donors (Lipinski definition) is 1. The lowest BCUT2D eigenvalue weighted by Gasteiger charge is -2.34. The number of benzene rings is 1. The predicted molar refractivity (Wildman–Crippen MR) is 92.8 cm³/mol. The van der Waals surface area contributed by atoms with Gasteiger partial charge in [-0.05, 0) is 31.4 Å². The number of aromatic nitrogens is 1. The van der Waals surface area contributed by atoms with E-state index in [0.29, 0.717) is 24.4 Å². The number of piperidine rings is 1. The van der Waals surface area contributed by atoms with Gasteiger partial charge in [0.2, 0.25) is 10.0 Å². The molecule has 0 aliphatic carbocycles. The highest BCUT2D eigenvalue weighted by atomic mass is 32.2. The summed E-state index contributed by atoms with van der Waals surface area (Å²) in [5, 5.41) is 2.80. The summed E-state index contributed by atoms with van der Waals surface area (Å²) in [6.45, 7) is 4.89. The number of nitrogens with zero attached hydrogens (tertiary/aromatic N) is 2. The van der Waals surface area contributed by atoms with Crippen LogP contribution in [0.15, 0.2) is 34.5 Å². The number of hydrogen-bond acceptors (Lipinski definition) is 5. The minimum atomic E-state index is -3.49. The van der Waals surface area contributed by atoms with E-state index in [2.05, 4.69) is 4.98 Å². The summed E-state index contributed by atoms with van der Waals surface area (Å²) < 4.78 is 27.3. The van der Waals surface area contributed by atoms with Crippen LogP contribution in [-0.4, -0.2) is 36.8 Å². The van der Waals surface area contributed by atoms with Gasteiger partial charge in [-0.25, -0.2) is 13.4 Å². The summed E-state index contributed by atoms with van der Waals surface area (Å²) in [4.78, 5) is 4.76. The van der Waals surface area contributed by atoms with Crippen molar-refractivity contribution in [2.45, 2.75) is 31.2 Å². The van der Waals surface area contributed by atoms with E-state index in [1.807, 2.05) is 25.3 Å². The van der Waals surface area contributed by atoms with E-state index < -0.39 is 10.0 Å². The molecule has 2 aromatic rings. The lowest BCUT2D eigenvalue weighted by Crippen LogP contribution is -2.48. The van der Waals surface area contributed by atoms with Crippen molar-refractivity contribution in [2.75, 3.05) is 13.1 Å². The molecule has 1 aliphatic heterocycles. The smallest absolute Gasteiger partial charge is 0.243 e. The molecule has 0 spiro atoms. The molecule has 2 heterocycles. The Hall–Kier alpha value is -1.28. The lowest BCUT2D eigenvalue weighted by molar-refractivity contribution is 0.250. The van der Waals surface area contributed by atoms with Gasteiger partial charge in [-0.3, -0.25) is 0 Å². The van der Waals surface area contributed by atoms with E-state index in [9.17, 15) is 8.42 Å². The molecule has 1 aliphatic rings. The molecule has 2 N–H and O–H groups in total. The summed E-state index contributed by atoms with van der Waals surface area (Å²) in [6, 6.07) is 7.11. The first-order valence-corrected chi connectivity index (χ1v) is 9.98. The van der Waals surface area contributed by atoms with E-state index in [4.69, 9.17) is 5.73 Å². The Balaban J connectivity index is 1.91. The van der Waals surface area contributed by atoms with Gasteiger partial charge in [0, 0.05) is 35.8 Å². The van der Waals surface area contributed by atoms with Gasteiger partial charge in [0.05, 0.1) is 4.90 Å². The quantitative estimate of drug-likeness (QED) is 0.922. The molecule has 1 aromatic carbocycles. The topological polar surface area (TPSA) is 76.3 Å². The maximum atomic E-state index is 12.9. The van der Waals surface area contributed by atoms with Crippen LogP contribution in [-0.2, 0) is 10.0 Å². The molecule has 0 radical (unpaired) electrons. The van der Waals surface area contributed by atoms with Gasteiger partial charge in [-0.1, -0.05) is 19.1 Å². The third kappa shape index (κ3) is 3.33. The van der Waals surface area contributed by atoms with Crippen LogP contribution in [0.4, 0.5) is 0 Å². The average molecular weight is 351 g/mol. The van der Waals surface area contributed by atoms with Crippen LogP contribution in [0, 0.1) is 12.8 Å². The van der Waals surface area contributed by atoms with Gasteiger partial charge >= 0.3 is 0 Å². The normalized spacial score (nSPS) is 23.1. The van der Waals surface area contributed by atoms with E-state index >= 15 is 0 Å². The summed E-state index contributed by atoms with van der Waals surface area (Å²) in [6.07, 6.45) is 0.700. The van der Waals surface area contributed by atoms with E-state index in [1.54, 1.807) is 22.5 Å². The molecule has 1 saturated heterocycles.